The third-order valence-electron chi connectivity index (χ3n) is 3.09. The molecule has 1 aliphatic rings. The minimum absolute atomic E-state index is 0.200. The van der Waals surface area contributed by atoms with Crippen molar-refractivity contribution in [2.45, 2.75) is 38.5 Å². The van der Waals surface area contributed by atoms with Gasteiger partial charge in [0.1, 0.15) is 5.60 Å². The largest absolute Gasteiger partial charge is 0.378 e. The third-order valence-corrected chi connectivity index (χ3v) is 3.09. The number of anilines is 1. The van der Waals surface area contributed by atoms with E-state index in [2.05, 4.69) is 28.7 Å². The van der Waals surface area contributed by atoms with Gasteiger partial charge in [-0.05, 0) is 13.8 Å². The van der Waals surface area contributed by atoms with Crippen LogP contribution in [0, 0.1) is 0 Å². The molecular formula is C12H21N3O2. The highest BCUT2D eigenvalue weighted by Gasteiger charge is 2.35. The molecular weight excluding hydrogens is 218 g/mol. The van der Waals surface area contributed by atoms with Crippen LogP contribution in [0.2, 0.25) is 0 Å². The van der Waals surface area contributed by atoms with Gasteiger partial charge in [-0.3, -0.25) is 0 Å². The molecule has 1 saturated heterocycles. The Morgan fingerprint density at radius 2 is 2.47 bits per heavy atom. The van der Waals surface area contributed by atoms with E-state index in [1.807, 2.05) is 12.4 Å². The average Bonchev–Trinajstić information content (AvgIpc) is 2.90. The smallest absolute Gasteiger partial charge is 0.203 e. The molecule has 5 heteroatoms. The normalized spacial score (nSPS) is 24.5. The first-order chi connectivity index (χ1) is 8.15. The summed E-state index contributed by atoms with van der Waals surface area (Å²) in [7, 11) is 1.75. The lowest BCUT2D eigenvalue weighted by molar-refractivity contribution is -0.0291. The molecule has 0 saturated carbocycles. The lowest BCUT2D eigenvalue weighted by Gasteiger charge is -2.27. The fourth-order valence-electron chi connectivity index (χ4n) is 2.08. The molecule has 1 atom stereocenters. The number of hydrogen-bond donors (Lipinski definition) is 1. The molecule has 1 fully saturated rings. The van der Waals surface area contributed by atoms with Crippen molar-refractivity contribution in [2.24, 2.45) is 0 Å². The van der Waals surface area contributed by atoms with Crippen LogP contribution in [-0.2, 0) is 16.0 Å². The summed E-state index contributed by atoms with van der Waals surface area (Å²) >= 11 is 0. The van der Waals surface area contributed by atoms with E-state index in [1.54, 1.807) is 7.11 Å². The molecule has 2 rings (SSSR count). The van der Waals surface area contributed by atoms with Gasteiger partial charge >= 0.3 is 0 Å². The van der Waals surface area contributed by atoms with Crippen molar-refractivity contribution in [3.8, 4) is 0 Å². The van der Waals surface area contributed by atoms with Crippen LogP contribution in [-0.4, -0.2) is 41.5 Å². The van der Waals surface area contributed by atoms with Crippen LogP contribution in [0.3, 0.4) is 0 Å². The lowest BCUT2D eigenvalue weighted by atomic mass is 10.0. The van der Waals surface area contributed by atoms with Gasteiger partial charge in [-0.1, -0.05) is 0 Å². The number of aromatic nitrogens is 2. The first kappa shape index (κ1) is 12.4. The summed E-state index contributed by atoms with van der Waals surface area (Å²) in [6, 6.07) is 0.370. The van der Waals surface area contributed by atoms with Gasteiger partial charge in [-0.25, -0.2) is 4.98 Å². The molecule has 0 aromatic carbocycles. The van der Waals surface area contributed by atoms with Crippen LogP contribution in [0.1, 0.15) is 20.3 Å². The van der Waals surface area contributed by atoms with Gasteiger partial charge < -0.3 is 19.4 Å². The highest BCUT2D eigenvalue weighted by molar-refractivity contribution is 5.27. The average molecular weight is 239 g/mol. The van der Waals surface area contributed by atoms with Gasteiger partial charge in [-0.2, -0.15) is 0 Å². The first-order valence-corrected chi connectivity index (χ1v) is 6.06. The number of methoxy groups -OCH3 is 1. The predicted molar refractivity (Wildman–Crippen MR) is 66.2 cm³/mol. The summed E-state index contributed by atoms with van der Waals surface area (Å²) in [4.78, 5) is 4.32. The fourth-order valence-corrected chi connectivity index (χ4v) is 2.08. The van der Waals surface area contributed by atoms with Crippen LogP contribution in [0.25, 0.3) is 0 Å². The summed E-state index contributed by atoms with van der Waals surface area (Å²) in [5.41, 5.74) is -0.200. The second-order valence-electron chi connectivity index (χ2n) is 4.87. The predicted octanol–water partition coefficient (Wildman–Crippen LogP) is 1.51. The Morgan fingerprint density at radius 1 is 1.65 bits per heavy atom. The summed E-state index contributed by atoms with van der Waals surface area (Å²) in [5.74, 6) is 0.892. The van der Waals surface area contributed by atoms with Gasteiger partial charge in [0, 0.05) is 38.6 Å². The van der Waals surface area contributed by atoms with Gasteiger partial charge in [-0.15, -0.1) is 0 Å². The molecule has 0 radical (unpaired) electrons. The van der Waals surface area contributed by atoms with E-state index in [0.29, 0.717) is 12.6 Å². The number of ether oxygens (including phenoxy) is 2. The number of hydrogen-bond acceptors (Lipinski definition) is 4. The molecule has 0 amide bonds. The van der Waals surface area contributed by atoms with Crippen molar-refractivity contribution >= 4 is 5.95 Å². The molecule has 5 nitrogen and oxygen atoms in total. The Hall–Kier alpha value is -1.07. The minimum atomic E-state index is -0.200. The van der Waals surface area contributed by atoms with E-state index in [0.717, 1.165) is 25.5 Å². The second kappa shape index (κ2) is 5.06. The fraction of sp³-hybridized carbons (Fsp3) is 0.750. The molecule has 0 bridgehead atoms. The lowest BCUT2D eigenvalue weighted by Crippen LogP contribution is -2.37. The zero-order valence-corrected chi connectivity index (χ0v) is 10.8. The van der Waals surface area contributed by atoms with E-state index >= 15 is 0 Å². The van der Waals surface area contributed by atoms with E-state index in [4.69, 9.17) is 9.47 Å². The van der Waals surface area contributed by atoms with Crippen molar-refractivity contribution in [2.75, 3.05) is 25.6 Å². The van der Waals surface area contributed by atoms with Crippen molar-refractivity contribution in [1.29, 1.82) is 0 Å². The molecule has 1 aliphatic heterocycles. The molecule has 2 heterocycles. The van der Waals surface area contributed by atoms with Crippen LogP contribution >= 0.6 is 0 Å². The molecule has 0 spiro atoms. The molecule has 96 valence electrons. The molecule has 1 unspecified atom stereocenters. The van der Waals surface area contributed by atoms with E-state index < -0.39 is 0 Å². The Kier molecular flexibility index (Phi) is 3.69. The number of nitrogens with one attached hydrogen (secondary N) is 1. The number of nitrogens with zero attached hydrogens (tertiary/aromatic N) is 2. The maximum atomic E-state index is 5.63. The molecule has 1 N–H and O–H groups in total. The van der Waals surface area contributed by atoms with Crippen molar-refractivity contribution in [1.82, 2.24) is 9.55 Å². The van der Waals surface area contributed by atoms with E-state index in [1.165, 1.54) is 0 Å². The number of imidazole rings is 1. The van der Waals surface area contributed by atoms with E-state index in [-0.39, 0.29) is 5.60 Å². The van der Waals surface area contributed by atoms with Gasteiger partial charge in [0.2, 0.25) is 5.95 Å². The van der Waals surface area contributed by atoms with Crippen molar-refractivity contribution in [3.63, 3.8) is 0 Å². The maximum Gasteiger partial charge on any atom is 0.203 e. The van der Waals surface area contributed by atoms with Gasteiger partial charge in [0.15, 0.2) is 0 Å². The highest BCUT2D eigenvalue weighted by Crippen LogP contribution is 2.25. The Bertz CT molecular complexity index is 356. The van der Waals surface area contributed by atoms with E-state index in [9.17, 15) is 0 Å². The quantitative estimate of drug-likeness (QED) is 0.846. The Balaban J connectivity index is 2.09. The zero-order chi connectivity index (χ0) is 12.3. The number of rotatable bonds is 5. The van der Waals surface area contributed by atoms with Crippen molar-refractivity contribution < 1.29 is 9.47 Å². The summed E-state index contributed by atoms with van der Waals surface area (Å²) in [5, 5.41) is 3.32. The summed E-state index contributed by atoms with van der Waals surface area (Å²) in [6.07, 6.45) is 4.72. The Morgan fingerprint density at radius 3 is 3.06 bits per heavy atom. The monoisotopic (exact) mass is 239 g/mol. The zero-order valence-electron chi connectivity index (χ0n) is 10.8. The SMILES string of the molecule is COC1(Cn2ccnc2NC(C)C)CCOC1. The second-order valence-corrected chi connectivity index (χ2v) is 4.87. The summed E-state index contributed by atoms with van der Waals surface area (Å²) < 4.78 is 13.2. The standard InChI is InChI=1S/C12H21N3O2/c1-10(2)14-11-13-5-6-15(11)8-12(16-3)4-7-17-9-12/h5-6,10H,4,7-9H2,1-3H3,(H,13,14). The van der Waals surface area contributed by atoms with Crippen LogP contribution < -0.4 is 5.32 Å². The minimum Gasteiger partial charge on any atom is -0.378 e. The maximum absolute atomic E-state index is 5.63. The topological polar surface area (TPSA) is 48.3 Å². The van der Waals surface area contributed by atoms with Gasteiger partial charge in [0.25, 0.3) is 0 Å². The van der Waals surface area contributed by atoms with Crippen LogP contribution in [0.15, 0.2) is 12.4 Å². The Labute approximate surface area is 102 Å². The third kappa shape index (κ3) is 2.79. The molecule has 0 aliphatic carbocycles. The van der Waals surface area contributed by atoms with Crippen molar-refractivity contribution in [3.05, 3.63) is 12.4 Å². The molecule has 1 aromatic heterocycles. The van der Waals surface area contributed by atoms with Crippen LogP contribution in [0.4, 0.5) is 5.95 Å². The molecule has 17 heavy (non-hydrogen) atoms. The van der Waals surface area contributed by atoms with Gasteiger partial charge in [0.05, 0.1) is 13.2 Å². The molecule has 1 aromatic rings. The highest BCUT2D eigenvalue weighted by atomic mass is 16.5. The summed E-state index contributed by atoms with van der Waals surface area (Å²) in [6.45, 7) is 6.41. The first-order valence-electron chi connectivity index (χ1n) is 6.06. The van der Waals surface area contributed by atoms with Crippen LogP contribution in [0.5, 0.6) is 0 Å².